The monoisotopic (exact) mass is 447 g/mol. The molecule has 0 bridgehead atoms. The second-order valence-corrected chi connectivity index (χ2v) is 7.64. The highest BCUT2D eigenvalue weighted by Gasteiger charge is 2.20. The van der Waals surface area contributed by atoms with E-state index in [-0.39, 0.29) is 18.2 Å². The van der Waals surface area contributed by atoms with Crippen LogP contribution in [0.2, 0.25) is 0 Å². The minimum Gasteiger partial charge on any atom is -0.493 e. The molecule has 32 heavy (non-hydrogen) atoms. The molecule has 0 aliphatic rings. The fourth-order valence-corrected chi connectivity index (χ4v) is 3.01. The van der Waals surface area contributed by atoms with E-state index in [1.54, 1.807) is 12.1 Å². The van der Waals surface area contributed by atoms with Crippen molar-refractivity contribution in [3.8, 4) is 28.7 Å². The zero-order valence-electron chi connectivity index (χ0n) is 19.8. The lowest BCUT2D eigenvalue weighted by atomic mass is 10.1. The second-order valence-electron chi connectivity index (χ2n) is 7.64. The van der Waals surface area contributed by atoms with Gasteiger partial charge in [-0.05, 0) is 49.2 Å². The van der Waals surface area contributed by atoms with Crippen LogP contribution < -0.4 is 29.0 Å². The zero-order chi connectivity index (χ0) is 23.8. The van der Waals surface area contributed by atoms with Crippen LogP contribution in [0.1, 0.15) is 35.3 Å². The van der Waals surface area contributed by atoms with Crippen LogP contribution >= 0.6 is 0 Å². The molecule has 0 saturated carbocycles. The molecule has 2 aromatic carbocycles. The van der Waals surface area contributed by atoms with E-state index in [0.717, 1.165) is 11.1 Å². The van der Waals surface area contributed by atoms with Crippen molar-refractivity contribution in [2.45, 2.75) is 39.8 Å². The van der Waals surface area contributed by atoms with Crippen LogP contribution in [-0.2, 0) is 0 Å². The van der Waals surface area contributed by atoms with Gasteiger partial charge in [-0.3, -0.25) is 0 Å². The molecule has 0 aliphatic heterocycles. The molecule has 0 aromatic heterocycles. The van der Waals surface area contributed by atoms with E-state index in [1.165, 1.54) is 33.5 Å². The first-order valence-electron chi connectivity index (χ1n) is 10.4. The summed E-state index contributed by atoms with van der Waals surface area (Å²) in [6, 6.07) is 6.76. The Morgan fingerprint density at radius 2 is 1.50 bits per heavy atom. The maximum atomic E-state index is 12.8. The fraction of sp³-hybridized carbons (Fsp3) is 0.458. The molecule has 0 radical (unpaired) electrons. The molecule has 1 unspecified atom stereocenters. The quantitative estimate of drug-likeness (QED) is 0.400. The Kier molecular flexibility index (Phi) is 9.16. The van der Waals surface area contributed by atoms with Crippen LogP contribution in [0.3, 0.4) is 0 Å². The number of aliphatic hydroxyl groups is 1. The van der Waals surface area contributed by atoms with Gasteiger partial charge in [0.2, 0.25) is 5.75 Å². The van der Waals surface area contributed by atoms with Gasteiger partial charge in [0, 0.05) is 12.6 Å². The number of benzene rings is 2. The molecule has 8 nitrogen and oxygen atoms in total. The first-order chi connectivity index (χ1) is 15.2. The largest absolute Gasteiger partial charge is 0.493 e. The molecular weight excluding hydrogens is 414 g/mol. The van der Waals surface area contributed by atoms with Crippen molar-refractivity contribution < 1.29 is 33.6 Å². The summed E-state index contributed by atoms with van der Waals surface area (Å²) in [5.41, 5.74) is 1.85. The number of carbonyl (C=O) groups is 1. The van der Waals surface area contributed by atoms with Gasteiger partial charge < -0.3 is 34.1 Å². The molecule has 8 heteroatoms. The van der Waals surface area contributed by atoms with Crippen LogP contribution in [-0.4, -0.2) is 57.7 Å². The number of aliphatic hydroxyl groups excluding tert-OH is 1. The van der Waals surface area contributed by atoms with Crippen LogP contribution in [0, 0.1) is 13.8 Å². The summed E-state index contributed by atoms with van der Waals surface area (Å²) in [6.07, 6.45) is -0.630. The first kappa shape index (κ1) is 25.3. The minimum atomic E-state index is -0.630. The third-order valence-electron chi connectivity index (χ3n) is 4.98. The highest BCUT2D eigenvalue weighted by Crippen LogP contribution is 2.38. The Morgan fingerprint density at radius 3 is 2.03 bits per heavy atom. The Bertz CT molecular complexity index is 902. The van der Waals surface area contributed by atoms with Gasteiger partial charge in [-0.25, -0.2) is 4.79 Å². The molecule has 0 saturated heterocycles. The van der Waals surface area contributed by atoms with E-state index in [4.69, 9.17) is 23.7 Å². The standard InChI is InChI=1S/C24H33NO7/c1-14(2)25-12-18(26)13-31-19-8-9-20(16(4)15(19)3)32-24(27)17-10-21(28-5)23(30-7)22(11-17)29-6/h8-11,14,18,25-26H,12-13H2,1-7H3. The number of esters is 1. The van der Waals surface area contributed by atoms with Crippen molar-refractivity contribution >= 4 is 5.97 Å². The lowest BCUT2D eigenvalue weighted by Crippen LogP contribution is -2.35. The van der Waals surface area contributed by atoms with Gasteiger partial charge >= 0.3 is 5.97 Å². The smallest absolute Gasteiger partial charge is 0.343 e. The topological polar surface area (TPSA) is 95.5 Å². The van der Waals surface area contributed by atoms with Gasteiger partial charge in [0.25, 0.3) is 0 Å². The summed E-state index contributed by atoms with van der Waals surface area (Å²) >= 11 is 0. The van der Waals surface area contributed by atoms with E-state index in [9.17, 15) is 9.90 Å². The summed E-state index contributed by atoms with van der Waals surface area (Å²) < 4.78 is 27.3. The molecule has 0 spiro atoms. The van der Waals surface area contributed by atoms with Gasteiger partial charge in [0.1, 0.15) is 24.2 Å². The van der Waals surface area contributed by atoms with Crippen molar-refractivity contribution in [2.24, 2.45) is 0 Å². The minimum absolute atomic E-state index is 0.157. The molecule has 2 rings (SSSR count). The van der Waals surface area contributed by atoms with Crippen molar-refractivity contribution in [1.82, 2.24) is 5.32 Å². The van der Waals surface area contributed by atoms with Gasteiger partial charge in [0.15, 0.2) is 11.5 Å². The highest BCUT2D eigenvalue weighted by molar-refractivity contribution is 5.93. The van der Waals surface area contributed by atoms with Gasteiger partial charge in [-0.2, -0.15) is 0 Å². The first-order valence-corrected chi connectivity index (χ1v) is 10.4. The van der Waals surface area contributed by atoms with Crippen LogP contribution in [0.15, 0.2) is 24.3 Å². The average Bonchev–Trinajstić information content (AvgIpc) is 2.78. The molecule has 2 aromatic rings. The van der Waals surface area contributed by atoms with Crippen LogP contribution in [0.4, 0.5) is 0 Å². The summed E-state index contributed by atoms with van der Waals surface area (Å²) in [6.45, 7) is 8.35. The normalized spacial score (nSPS) is 11.8. The average molecular weight is 448 g/mol. The zero-order valence-corrected chi connectivity index (χ0v) is 19.8. The van der Waals surface area contributed by atoms with Crippen molar-refractivity contribution in [2.75, 3.05) is 34.5 Å². The number of nitrogens with one attached hydrogen (secondary N) is 1. The van der Waals surface area contributed by atoms with Gasteiger partial charge in [0.05, 0.1) is 26.9 Å². The Labute approximate surface area is 189 Å². The second kappa shape index (κ2) is 11.6. The van der Waals surface area contributed by atoms with Gasteiger partial charge in [-0.15, -0.1) is 0 Å². The lowest BCUT2D eigenvalue weighted by Gasteiger charge is -2.18. The molecule has 0 amide bonds. The highest BCUT2D eigenvalue weighted by atomic mass is 16.5. The van der Waals surface area contributed by atoms with E-state index >= 15 is 0 Å². The summed E-state index contributed by atoms with van der Waals surface area (Å²) in [5.74, 6) is 1.60. The molecule has 0 fully saturated rings. The Morgan fingerprint density at radius 1 is 0.938 bits per heavy atom. The van der Waals surface area contributed by atoms with E-state index in [0.29, 0.717) is 35.3 Å². The summed E-state index contributed by atoms with van der Waals surface area (Å²) in [7, 11) is 4.46. The predicted octanol–water partition coefficient (Wildman–Crippen LogP) is 3.29. The lowest BCUT2D eigenvalue weighted by molar-refractivity contribution is 0.0732. The van der Waals surface area contributed by atoms with Crippen molar-refractivity contribution in [1.29, 1.82) is 0 Å². The molecule has 0 heterocycles. The maximum Gasteiger partial charge on any atom is 0.343 e. The maximum absolute atomic E-state index is 12.8. The van der Waals surface area contributed by atoms with E-state index < -0.39 is 12.1 Å². The van der Waals surface area contributed by atoms with E-state index in [2.05, 4.69) is 5.32 Å². The molecule has 1 atom stereocenters. The number of carbonyl (C=O) groups excluding carboxylic acids is 1. The Balaban J connectivity index is 2.15. The number of rotatable bonds is 11. The molecule has 2 N–H and O–H groups in total. The summed E-state index contributed by atoms with van der Waals surface area (Å²) in [5, 5.41) is 13.2. The van der Waals surface area contributed by atoms with Crippen LogP contribution in [0.5, 0.6) is 28.7 Å². The number of ether oxygens (including phenoxy) is 5. The van der Waals surface area contributed by atoms with Gasteiger partial charge in [-0.1, -0.05) is 13.8 Å². The van der Waals surface area contributed by atoms with Crippen LogP contribution in [0.25, 0.3) is 0 Å². The third kappa shape index (κ3) is 6.27. The number of hydrogen-bond donors (Lipinski definition) is 2. The predicted molar refractivity (Wildman–Crippen MR) is 122 cm³/mol. The third-order valence-corrected chi connectivity index (χ3v) is 4.98. The van der Waals surface area contributed by atoms with E-state index in [1.807, 2.05) is 27.7 Å². The number of hydrogen-bond acceptors (Lipinski definition) is 8. The molecule has 176 valence electrons. The Hall–Kier alpha value is -2.97. The fourth-order valence-electron chi connectivity index (χ4n) is 3.01. The molecule has 0 aliphatic carbocycles. The number of methoxy groups -OCH3 is 3. The van der Waals surface area contributed by atoms with Crippen molar-refractivity contribution in [3.63, 3.8) is 0 Å². The summed E-state index contributed by atoms with van der Waals surface area (Å²) in [4.78, 5) is 12.8. The SMILES string of the molecule is COc1cc(C(=O)Oc2ccc(OCC(O)CNC(C)C)c(C)c2C)cc(OC)c1OC. The van der Waals surface area contributed by atoms with Crippen molar-refractivity contribution in [3.05, 3.63) is 41.0 Å². The molecular formula is C24H33NO7.